The molecule has 0 fully saturated rings. The molecule has 3 rings (SSSR count). The number of nitrogens with one attached hydrogen (secondary N) is 1. The lowest BCUT2D eigenvalue weighted by Crippen LogP contribution is -2.19. The molecule has 0 spiro atoms. The molecule has 2 aromatic carbocycles. The topological polar surface area (TPSA) is 68.1 Å². The van der Waals surface area contributed by atoms with Crippen LogP contribution in [0.15, 0.2) is 47.7 Å². The van der Waals surface area contributed by atoms with Gasteiger partial charge in [0.15, 0.2) is 11.5 Å². The minimum absolute atomic E-state index is 0.172. The van der Waals surface area contributed by atoms with E-state index in [4.69, 9.17) is 21.1 Å². The summed E-state index contributed by atoms with van der Waals surface area (Å²) in [7, 11) is 7.19. The Kier molecular flexibility index (Phi) is 7.55. The molecule has 1 heterocycles. The summed E-state index contributed by atoms with van der Waals surface area (Å²) in [5.41, 5.74) is 5.52. The second-order valence-electron chi connectivity index (χ2n) is 7.38. The highest BCUT2D eigenvalue weighted by Gasteiger charge is 2.13. The molecule has 0 aliphatic heterocycles. The van der Waals surface area contributed by atoms with Crippen molar-refractivity contribution in [2.45, 2.75) is 19.5 Å². The van der Waals surface area contributed by atoms with Gasteiger partial charge in [-0.2, -0.15) is 5.10 Å². The van der Waals surface area contributed by atoms with Crippen LogP contribution in [-0.4, -0.2) is 49.9 Å². The lowest BCUT2D eigenvalue weighted by molar-refractivity contribution is -0.121. The second-order valence-corrected chi connectivity index (χ2v) is 7.78. The predicted octanol–water partition coefficient (Wildman–Crippen LogP) is 3.91. The highest BCUT2D eigenvalue weighted by atomic mass is 35.5. The predicted molar refractivity (Wildman–Crippen MR) is 124 cm³/mol. The normalized spacial score (nSPS) is 11.4. The van der Waals surface area contributed by atoms with Gasteiger partial charge in [-0.1, -0.05) is 17.7 Å². The molecule has 0 bridgehead atoms. The van der Waals surface area contributed by atoms with E-state index in [0.717, 1.165) is 33.6 Å². The summed E-state index contributed by atoms with van der Waals surface area (Å²) >= 11 is 6.44. The first-order chi connectivity index (χ1) is 14.9. The van der Waals surface area contributed by atoms with Crippen molar-refractivity contribution in [1.29, 1.82) is 0 Å². The average molecular weight is 443 g/mol. The number of hydrazone groups is 1. The van der Waals surface area contributed by atoms with Crippen LogP contribution in [0.4, 0.5) is 0 Å². The largest absolute Gasteiger partial charge is 0.493 e. The summed E-state index contributed by atoms with van der Waals surface area (Å²) in [5.74, 6) is 1.07. The molecule has 0 radical (unpaired) electrons. The zero-order chi connectivity index (χ0) is 22.4. The number of fused-ring (bicyclic) bond motifs is 1. The Labute approximate surface area is 187 Å². The molecule has 31 heavy (non-hydrogen) atoms. The summed E-state index contributed by atoms with van der Waals surface area (Å²) in [6, 6.07) is 11.2. The summed E-state index contributed by atoms with van der Waals surface area (Å²) in [5, 5.41) is 5.80. The third-order valence-electron chi connectivity index (χ3n) is 4.81. The first-order valence-electron chi connectivity index (χ1n) is 9.87. The highest BCUT2D eigenvalue weighted by molar-refractivity contribution is 6.35. The first kappa shape index (κ1) is 22.7. The van der Waals surface area contributed by atoms with E-state index in [0.29, 0.717) is 24.5 Å². The number of carbonyl (C=O) groups excluding carboxylic acids is 1. The Hall–Kier alpha value is -3.03. The van der Waals surface area contributed by atoms with Gasteiger partial charge in [0.25, 0.3) is 0 Å². The number of hydrogen-bond acceptors (Lipinski definition) is 5. The fraction of sp³-hybridized carbons (Fsp3) is 0.304. The van der Waals surface area contributed by atoms with Gasteiger partial charge in [-0.15, -0.1) is 0 Å². The molecule has 164 valence electrons. The molecule has 7 nitrogen and oxygen atoms in total. The van der Waals surface area contributed by atoms with Gasteiger partial charge in [0.05, 0.1) is 25.5 Å². The van der Waals surface area contributed by atoms with Crippen LogP contribution in [0.1, 0.15) is 17.5 Å². The summed E-state index contributed by atoms with van der Waals surface area (Å²) in [6.45, 7) is 1.30. The number of benzene rings is 2. The van der Waals surface area contributed by atoms with Crippen LogP contribution < -0.4 is 14.9 Å². The van der Waals surface area contributed by atoms with Crippen molar-refractivity contribution in [2.24, 2.45) is 5.10 Å². The van der Waals surface area contributed by atoms with Gasteiger partial charge in [-0.3, -0.25) is 4.79 Å². The fourth-order valence-electron chi connectivity index (χ4n) is 3.43. The van der Waals surface area contributed by atoms with Crippen LogP contribution in [-0.2, 0) is 17.9 Å². The van der Waals surface area contributed by atoms with E-state index < -0.39 is 0 Å². The van der Waals surface area contributed by atoms with Crippen LogP contribution in [0.3, 0.4) is 0 Å². The molecule has 3 aromatic rings. The van der Waals surface area contributed by atoms with Gasteiger partial charge in [0.2, 0.25) is 5.91 Å². The standard InChI is InChI=1S/C23H27ClN4O3/c1-27(2)14-17-15-28(19-7-5-6-18(24)23(17)19)11-10-22(29)26-25-13-16-8-9-20(30-3)21(12-16)31-4/h5-9,12-13,15H,10-11,14H2,1-4H3,(H,26,29)/b25-13-. The molecule has 8 heteroatoms. The number of ether oxygens (including phenoxy) is 2. The molecule has 1 amide bonds. The number of hydrogen-bond donors (Lipinski definition) is 1. The molecule has 1 aromatic heterocycles. The van der Waals surface area contributed by atoms with E-state index in [1.165, 1.54) is 0 Å². The van der Waals surface area contributed by atoms with Crippen LogP contribution in [0.2, 0.25) is 5.02 Å². The number of halogens is 1. The van der Waals surface area contributed by atoms with Gasteiger partial charge in [-0.05, 0) is 55.6 Å². The van der Waals surface area contributed by atoms with Crippen molar-refractivity contribution in [3.8, 4) is 11.5 Å². The number of nitrogens with zero attached hydrogens (tertiary/aromatic N) is 3. The van der Waals surface area contributed by atoms with Crippen LogP contribution in [0, 0.1) is 0 Å². The van der Waals surface area contributed by atoms with Crippen LogP contribution >= 0.6 is 11.6 Å². The Balaban J connectivity index is 1.64. The molecule has 0 atom stereocenters. The first-order valence-corrected chi connectivity index (χ1v) is 10.3. The van der Waals surface area contributed by atoms with Gasteiger partial charge in [0.1, 0.15) is 0 Å². The molecule has 0 saturated carbocycles. The molecule has 0 unspecified atom stereocenters. The van der Waals surface area contributed by atoms with E-state index in [-0.39, 0.29) is 5.91 Å². The zero-order valence-electron chi connectivity index (χ0n) is 18.2. The van der Waals surface area contributed by atoms with E-state index in [1.54, 1.807) is 32.6 Å². The number of methoxy groups -OCH3 is 2. The van der Waals surface area contributed by atoms with Crippen LogP contribution in [0.5, 0.6) is 11.5 Å². The maximum atomic E-state index is 12.3. The van der Waals surface area contributed by atoms with E-state index in [2.05, 4.69) is 26.2 Å². The zero-order valence-corrected chi connectivity index (χ0v) is 18.9. The third kappa shape index (κ3) is 5.57. The maximum Gasteiger partial charge on any atom is 0.241 e. The van der Waals surface area contributed by atoms with Gasteiger partial charge in [-0.25, -0.2) is 5.43 Å². The minimum Gasteiger partial charge on any atom is -0.493 e. The number of amides is 1. The number of aromatic nitrogens is 1. The number of rotatable bonds is 9. The van der Waals surface area contributed by atoms with Crippen LogP contribution in [0.25, 0.3) is 10.9 Å². The van der Waals surface area contributed by atoms with E-state index in [9.17, 15) is 4.79 Å². The smallest absolute Gasteiger partial charge is 0.241 e. The second kappa shape index (κ2) is 10.3. The Bertz CT molecular complexity index is 1090. The summed E-state index contributed by atoms with van der Waals surface area (Å²) < 4.78 is 12.6. The number of carbonyl (C=O) groups is 1. The number of aryl methyl sites for hydroxylation is 1. The molecule has 1 N–H and O–H groups in total. The average Bonchev–Trinajstić information content (AvgIpc) is 3.10. The molecular weight excluding hydrogens is 416 g/mol. The maximum absolute atomic E-state index is 12.3. The molecule has 0 aliphatic rings. The summed E-state index contributed by atoms with van der Waals surface area (Å²) in [4.78, 5) is 14.4. The van der Waals surface area contributed by atoms with Crippen molar-refractivity contribution >= 4 is 34.6 Å². The van der Waals surface area contributed by atoms with Crippen molar-refractivity contribution in [3.05, 3.63) is 58.7 Å². The van der Waals surface area contributed by atoms with Gasteiger partial charge in [0, 0.05) is 36.6 Å². The fourth-order valence-corrected chi connectivity index (χ4v) is 3.72. The van der Waals surface area contributed by atoms with Gasteiger partial charge < -0.3 is 18.9 Å². The molecule has 0 saturated heterocycles. The SMILES string of the molecule is COc1ccc(/C=N\NC(=O)CCn2cc(CN(C)C)c3c(Cl)cccc32)cc1OC. The van der Waals surface area contributed by atoms with Crippen molar-refractivity contribution in [2.75, 3.05) is 28.3 Å². The Morgan fingerprint density at radius 3 is 2.68 bits per heavy atom. The van der Waals surface area contributed by atoms with Crippen molar-refractivity contribution in [1.82, 2.24) is 14.9 Å². The van der Waals surface area contributed by atoms with Crippen molar-refractivity contribution < 1.29 is 14.3 Å². The summed E-state index contributed by atoms with van der Waals surface area (Å²) in [6.07, 6.45) is 3.93. The Morgan fingerprint density at radius 1 is 1.19 bits per heavy atom. The quantitative estimate of drug-likeness (QED) is 0.403. The minimum atomic E-state index is -0.172. The monoisotopic (exact) mass is 442 g/mol. The van der Waals surface area contributed by atoms with Crippen molar-refractivity contribution in [3.63, 3.8) is 0 Å². The Morgan fingerprint density at radius 2 is 1.97 bits per heavy atom. The highest BCUT2D eigenvalue weighted by Crippen LogP contribution is 2.30. The van der Waals surface area contributed by atoms with Gasteiger partial charge >= 0.3 is 0 Å². The lowest BCUT2D eigenvalue weighted by atomic mass is 10.1. The molecular formula is C23H27ClN4O3. The third-order valence-corrected chi connectivity index (χ3v) is 5.13. The van der Waals surface area contributed by atoms with E-state index >= 15 is 0 Å². The van der Waals surface area contributed by atoms with E-state index in [1.807, 2.05) is 38.4 Å². The lowest BCUT2D eigenvalue weighted by Gasteiger charge is -2.08. The molecule has 0 aliphatic carbocycles.